The molecule has 1 saturated carbocycles. The first-order chi connectivity index (χ1) is 18.5. The van der Waals surface area contributed by atoms with E-state index in [1.807, 2.05) is 39.8 Å². The Morgan fingerprint density at radius 1 is 1.23 bits per heavy atom. The van der Waals surface area contributed by atoms with Gasteiger partial charge in [-0.15, -0.1) is 0 Å². The molecule has 0 unspecified atom stereocenters. The Kier molecular flexibility index (Phi) is 8.06. The van der Waals surface area contributed by atoms with Crippen LogP contribution in [0, 0.1) is 17.8 Å². The maximum Gasteiger partial charge on any atom is 0.433 e. The highest BCUT2D eigenvalue weighted by molar-refractivity contribution is 6.35. The molecular formula is C29H36ClF3N4O3. The van der Waals surface area contributed by atoms with Gasteiger partial charge >= 0.3 is 12.1 Å². The van der Waals surface area contributed by atoms with E-state index in [0.29, 0.717) is 11.4 Å². The molecule has 7 nitrogen and oxygen atoms in total. The maximum atomic E-state index is 14.5. The van der Waals surface area contributed by atoms with Crippen LogP contribution in [0.1, 0.15) is 86.7 Å². The molecule has 2 N–H and O–H groups in total. The molecule has 1 aromatic carbocycles. The molecule has 218 valence electrons. The molecular weight excluding hydrogens is 545 g/mol. The Balaban J connectivity index is 1.66. The predicted molar refractivity (Wildman–Crippen MR) is 148 cm³/mol. The van der Waals surface area contributed by atoms with Gasteiger partial charge in [0.15, 0.2) is 5.69 Å². The summed E-state index contributed by atoms with van der Waals surface area (Å²) in [5.41, 5.74) is -0.247. The van der Waals surface area contributed by atoms with Crippen molar-refractivity contribution < 1.29 is 27.9 Å². The quantitative estimate of drug-likeness (QED) is 0.307. The standard InChI is InChI=1S/C29H36ClF3N4O3/c1-17-19(23-21(30)7-6-8-22(23)35-17)11-14-36(16-27(2,3)4)25(38)20-15-34-37(24(20)29(31,32)33)18-9-12-28(5,13-10-18)26(39)40/h6-8,15,18,35H,9-14,16H2,1-5H3,(H,39,40)/t18-,28-. The molecule has 0 saturated heterocycles. The number of carboxylic acids is 1. The summed E-state index contributed by atoms with van der Waals surface area (Å²) in [5, 5.41) is 15.0. The number of fused-ring (bicyclic) bond motifs is 1. The number of nitrogens with zero attached hydrogens (tertiary/aromatic N) is 3. The zero-order valence-electron chi connectivity index (χ0n) is 23.5. The van der Waals surface area contributed by atoms with Crippen molar-refractivity contribution in [2.45, 2.75) is 78.9 Å². The summed E-state index contributed by atoms with van der Waals surface area (Å²) in [6.45, 7) is 9.74. The van der Waals surface area contributed by atoms with E-state index in [1.54, 1.807) is 13.0 Å². The van der Waals surface area contributed by atoms with Crippen molar-refractivity contribution in [2.75, 3.05) is 13.1 Å². The van der Waals surface area contributed by atoms with Gasteiger partial charge in [0.25, 0.3) is 5.91 Å². The van der Waals surface area contributed by atoms with Crippen LogP contribution in [0.3, 0.4) is 0 Å². The molecule has 0 radical (unpaired) electrons. The fourth-order valence-corrected chi connectivity index (χ4v) is 6.02. The summed E-state index contributed by atoms with van der Waals surface area (Å²) in [7, 11) is 0. The van der Waals surface area contributed by atoms with Crippen molar-refractivity contribution in [1.82, 2.24) is 19.7 Å². The van der Waals surface area contributed by atoms with Crippen LogP contribution < -0.4 is 0 Å². The number of hydrogen-bond acceptors (Lipinski definition) is 3. The number of H-pyrrole nitrogens is 1. The van der Waals surface area contributed by atoms with E-state index in [-0.39, 0.29) is 44.2 Å². The maximum absolute atomic E-state index is 14.5. The van der Waals surface area contributed by atoms with Crippen molar-refractivity contribution >= 4 is 34.4 Å². The normalized spacial score (nSPS) is 20.2. The highest BCUT2D eigenvalue weighted by Crippen LogP contribution is 2.43. The smallest absolute Gasteiger partial charge is 0.433 e. The lowest BCUT2D eigenvalue weighted by Crippen LogP contribution is -2.40. The first-order valence-corrected chi connectivity index (χ1v) is 13.8. The molecule has 1 aliphatic carbocycles. The van der Waals surface area contributed by atoms with Gasteiger partial charge in [-0.2, -0.15) is 18.3 Å². The first kappa shape index (κ1) is 30.0. The third-order valence-corrected chi connectivity index (χ3v) is 8.20. The highest BCUT2D eigenvalue weighted by atomic mass is 35.5. The second-order valence-electron chi connectivity index (χ2n) is 12.4. The number of nitrogens with one attached hydrogen (secondary N) is 1. The lowest BCUT2D eigenvalue weighted by Gasteiger charge is -2.34. The van der Waals surface area contributed by atoms with Crippen LogP contribution in [0.2, 0.25) is 5.02 Å². The van der Waals surface area contributed by atoms with E-state index in [9.17, 15) is 27.9 Å². The minimum atomic E-state index is -4.82. The van der Waals surface area contributed by atoms with Crippen LogP contribution in [0.25, 0.3) is 10.9 Å². The molecule has 1 amide bonds. The molecule has 2 aromatic heterocycles. The third kappa shape index (κ3) is 6.01. The zero-order valence-corrected chi connectivity index (χ0v) is 24.2. The van der Waals surface area contributed by atoms with Gasteiger partial charge in [-0.3, -0.25) is 14.3 Å². The van der Waals surface area contributed by atoms with Crippen LogP contribution in [0.5, 0.6) is 0 Å². The summed E-state index contributed by atoms with van der Waals surface area (Å²) in [6.07, 6.45) is -2.47. The Morgan fingerprint density at radius 3 is 2.45 bits per heavy atom. The fourth-order valence-electron chi connectivity index (χ4n) is 5.73. The topological polar surface area (TPSA) is 91.2 Å². The number of hydrogen-bond donors (Lipinski definition) is 2. The molecule has 2 heterocycles. The average molecular weight is 581 g/mol. The number of alkyl halides is 3. The molecule has 0 atom stereocenters. The predicted octanol–water partition coefficient (Wildman–Crippen LogP) is 7.28. The summed E-state index contributed by atoms with van der Waals surface area (Å²) in [6, 6.07) is 4.89. The summed E-state index contributed by atoms with van der Waals surface area (Å²) < 4.78 is 44.3. The number of aliphatic carboxylic acids is 1. The second kappa shape index (κ2) is 10.8. The summed E-state index contributed by atoms with van der Waals surface area (Å²) in [5.74, 6) is -1.69. The van der Waals surface area contributed by atoms with Crippen LogP contribution in [0.15, 0.2) is 24.4 Å². The number of amides is 1. The van der Waals surface area contributed by atoms with Gasteiger partial charge in [0.05, 0.1) is 28.2 Å². The van der Waals surface area contributed by atoms with Crippen molar-refractivity contribution in [2.24, 2.45) is 10.8 Å². The van der Waals surface area contributed by atoms with Crippen molar-refractivity contribution in [3.63, 3.8) is 0 Å². The van der Waals surface area contributed by atoms with Crippen molar-refractivity contribution in [1.29, 1.82) is 0 Å². The van der Waals surface area contributed by atoms with E-state index in [2.05, 4.69) is 10.1 Å². The van der Waals surface area contributed by atoms with Crippen LogP contribution in [-0.4, -0.2) is 49.7 Å². The van der Waals surface area contributed by atoms with Gasteiger partial charge in [-0.05, 0) is 69.1 Å². The Bertz CT molecular complexity index is 1410. The largest absolute Gasteiger partial charge is 0.481 e. The van der Waals surface area contributed by atoms with Crippen LogP contribution in [-0.2, 0) is 17.4 Å². The molecule has 1 fully saturated rings. The number of carboxylic acid groups (broad SMARTS) is 1. The minimum Gasteiger partial charge on any atom is -0.481 e. The van der Waals surface area contributed by atoms with E-state index < -0.39 is 40.8 Å². The third-order valence-electron chi connectivity index (χ3n) is 7.89. The molecule has 0 spiro atoms. The summed E-state index contributed by atoms with van der Waals surface area (Å²) >= 11 is 6.47. The number of aryl methyl sites for hydroxylation is 1. The van der Waals surface area contributed by atoms with Crippen molar-refractivity contribution in [3.05, 3.63) is 51.9 Å². The molecule has 1 aliphatic rings. The first-order valence-electron chi connectivity index (χ1n) is 13.4. The zero-order chi connectivity index (χ0) is 29.6. The Morgan fingerprint density at radius 2 is 1.88 bits per heavy atom. The van der Waals surface area contributed by atoms with Gasteiger partial charge in [0.2, 0.25) is 0 Å². The van der Waals surface area contributed by atoms with E-state index in [4.69, 9.17) is 11.6 Å². The van der Waals surface area contributed by atoms with Gasteiger partial charge in [-0.25, -0.2) is 0 Å². The SMILES string of the molecule is Cc1[nH]c2cccc(Cl)c2c1CCN(CC(C)(C)C)C(=O)c1cnn([C@H]2CC[C@](C)(C(=O)O)CC2)c1C(F)(F)F. The number of halogens is 4. The molecule has 4 rings (SSSR count). The van der Waals surface area contributed by atoms with E-state index >= 15 is 0 Å². The van der Waals surface area contributed by atoms with Crippen LogP contribution in [0.4, 0.5) is 13.2 Å². The Hall–Kier alpha value is -3.01. The molecule has 11 heteroatoms. The number of rotatable bonds is 7. The fraction of sp³-hybridized carbons (Fsp3) is 0.552. The molecule has 3 aromatic rings. The van der Waals surface area contributed by atoms with E-state index in [0.717, 1.165) is 33.0 Å². The lowest BCUT2D eigenvalue weighted by atomic mass is 9.74. The number of carbonyl (C=O) groups is 2. The number of aromatic nitrogens is 3. The van der Waals surface area contributed by atoms with Crippen LogP contribution >= 0.6 is 11.6 Å². The Labute approximate surface area is 236 Å². The van der Waals surface area contributed by atoms with Gasteiger partial charge in [0.1, 0.15) is 0 Å². The van der Waals surface area contributed by atoms with Gasteiger partial charge in [0, 0.05) is 29.7 Å². The minimum absolute atomic E-state index is 0.192. The number of carbonyl (C=O) groups excluding carboxylic acids is 1. The second-order valence-corrected chi connectivity index (χ2v) is 12.8. The average Bonchev–Trinajstić information content (AvgIpc) is 3.43. The molecule has 40 heavy (non-hydrogen) atoms. The molecule has 0 aliphatic heterocycles. The van der Waals surface area contributed by atoms with Crippen molar-refractivity contribution in [3.8, 4) is 0 Å². The number of aromatic amines is 1. The lowest BCUT2D eigenvalue weighted by molar-refractivity contribution is -0.152. The number of benzene rings is 1. The van der Waals surface area contributed by atoms with Gasteiger partial charge in [-0.1, -0.05) is 38.4 Å². The van der Waals surface area contributed by atoms with E-state index in [1.165, 1.54) is 4.90 Å². The highest BCUT2D eigenvalue weighted by Gasteiger charge is 2.45. The molecule has 0 bridgehead atoms. The monoisotopic (exact) mass is 580 g/mol. The van der Waals surface area contributed by atoms with Gasteiger partial charge < -0.3 is 15.0 Å². The summed E-state index contributed by atoms with van der Waals surface area (Å²) in [4.78, 5) is 30.2.